The molecule has 110 valence electrons. The number of nitrogen functional groups attached to an aromatic ring is 1. The molecule has 2 aromatic rings. The molecule has 0 aliphatic rings. The molecular formula is C13H12ClN3O4. The molecule has 0 radical (unpaired) electrons. The van der Waals surface area contributed by atoms with Gasteiger partial charge in [-0.1, -0.05) is 11.6 Å². The Hall–Kier alpha value is -2.54. The number of nitro benzene ring substituents is 1. The van der Waals surface area contributed by atoms with Gasteiger partial charge < -0.3 is 15.2 Å². The van der Waals surface area contributed by atoms with Crippen LogP contribution in [-0.4, -0.2) is 17.0 Å². The zero-order valence-electron chi connectivity index (χ0n) is 11.1. The highest BCUT2D eigenvalue weighted by Crippen LogP contribution is 2.31. The van der Waals surface area contributed by atoms with Crippen LogP contribution in [0.5, 0.6) is 11.5 Å². The van der Waals surface area contributed by atoms with Crippen LogP contribution in [-0.2, 0) is 6.61 Å². The van der Waals surface area contributed by atoms with Gasteiger partial charge in [0.15, 0.2) is 5.75 Å². The molecule has 0 amide bonds. The largest absolute Gasteiger partial charge is 0.490 e. The second kappa shape index (κ2) is 6.27. The molecule has 0 unspecified atom stereocenters. The number of methoxy groups -OCH3 is 1. The van der Waals surface area contributed by atoms with Crippen molar-refractivity contribution in [3.05, 3.63) is 51.2 Å². The molecule has 0 saturated heterocycles. The second-order valence-electron chi connectivity index (χ2n) is 4.04. The minimum absolute atomic E-state index is 0.0490. The zero-order chi connectivity index (χ0) is 15.4. The van der Waals surface area contributed by atoms with Gasteiger partial charge in [0.25, 0.3) is 0 Å². The average Bonchev–Trinajstić information content (AvgIpc) is 2.47. The fourth-order valence-corrected chi connectivity index (χ4v) is 1.82. The maximum Gasteiger partial charge on any atom is 0.314 e. The van der Waals surface area contributed by atoms with E-state index in [9.17, 15) is 10.1 Å². The molecule has 0 atom stereocenters. The third-order valence-corrected chi connectivity index (χ3v) is 3.01. The Morgan fingerprint density at radius 1 is 1.38 bits per heavy atom. The van der Waals surface area contributed by atoms with Crippen molar-refractivity contribution in [2.75, 3.05) is 12.8 Å². The molecule has 1 heterocycles. The lowest BCUT2D eigenvalue weighted by atomic mass is 10.3. The molecular weight excluding hydrogens is 298 g/mol. The number of aromatic nitrogens is 1. The van der Waals surface area contributed by atoms with Gasteiger partial charge in [-0.15, -0.1) is 0 Å². The monoisotopic (exact) mass is 309 g/mol. The first-order valence-corrected chi connectivity index (χ1v) is 6.25. The summed E-state index contributed by atoms with van der Waals surface area (Å²) >= 11 is 5.97. The second-order valence-corrected chi connectivity index (χ2v) is 4.45. The minimum atomic E-state index is -0.544. The van der Waals surface area contributed by atoms with E-state index in [-0.39, 0.29) is 18.0 Å². The van der Waals surface area contributed by atoms with Crippen LogP contribution in [0.4, 0.5) is 11.5 Å². The summed E-state index contributed by atoms with van der Waals surface area (Å²) in [6.45, 7) is 0.0490. The summed E-state index contributed by atoms with van der Waals surface area (Å²) in [4.78, 5) is 14.4. The summed E-state index contributed by atoms with van der Waals surface area (Å²) in [5.41, 5.74) is 5.84. The van der Waals surface area contributed by atoms with Crippen LogP contribution in [0.2, 0.25) is 5.02 Å². The molecule has 0 aliphatic heterocycles. The maximum absolute atomic E-state index is 10.9. The van der Waals surface area contributed by atoms with Gasteiger partial charge in [-0.25, -0.2) is 4.98 Å². The first-order chi connectivity index (χ1) is 10.0. The number of benzene rings is 1. The lowest BCUT2D eigenvalue weighted by Gasteiger charge is -2.09. The summed E-state index contributed by atoms with van der Waals surface area (Å²) in [6, 6.07) is 7.48. The van der Waals surface area contributed by atoms with E-state index in [1.54, 1.807) is 18.2 Å². The Labute approximate surface area is 125 Å². The highest BCUT2D eigenvalue weighted by molar-refractivity contribution is 6.31. The normalized spacial score (nSPS) is 10.2. The third-order valence-electron chi connectivity index (χ3n) is 2.66. The number of rotatable bonds is 5. The first kappa shape index (κ1) is 14.9. The lowest BCUT2D eigenvalue weighted by Crippen LogP contribution is -2.02. The number of ether oxygens (including phenoxy) is 2. The number of nitro groups is 1. The number of anilines is 1. The van der Waals surface area contributed by atoms with Crippen LogP contribution in [0.3, 0.4) is 0 Å². The average molecular weight is 310 g/mol. The fraction of sp³-hybridized carbons (Fsp3) is 0.154. The number of hydrogen-bond acceptors (Lipinski definition) is 6. The molecule has 1 aromatic heterocycles. The topological polar surface area (TPSA) is 101 Å². The smallest absolute Gasteiger partial charge is 0.314 e. The van der Waals surface area contributed by atoms with Crippen molar-refractivity contribution in [1.29, 1.82) is 0 Å². The van der Waals surface area contributed by atoms with Crippen molar-refractivity contribution in [1.82, 2.24) is 4.98 Å². The molecule has 0 spiro atoms. The van der Waals surface area contributed by atoms with Crippen LogP contribution in [0.15, 0.2) is 30.3 Å². The molecule has 21 heavy (non-hydrogen) atoms. The van der Waals surface area contributed by atoms with Crippen LogP contribution in [0, 0.1) is 10.1 Å². The zero-order valence-corrected chi connectivity index (χ0v) is 11.8. The molecule has 0 aliphatic carbocycles. The lowest BCUT2D eigenvalue weighted by molar-refractivity contribution is -0.385. The van der Waals surface area contributed by atoms with Gasteiger partial charge in [0.2, 0.25) is 0 Å². The van der Waals surface area contributed by atoms with Crippen LogP contribution >= 0.6 is 11.6 Å². The van der Waals surface area contributed by atoms with E-state index in [1.165, 1.54) is 19.2 Å². The molecule has 7 nitrogen and oxygen atoms in total. The van der Waals surface area contributed by atoms with Crippen molar-refractivity contribution in [3.8, 4) is 11.5 Å². The van der Waals surface area contributed by atoms with Crippen molar-refractivity contribution < 1.29 is 14.4 Å². The van der Waals surface area contributed by atoms with Gasteiger partial charge in [-0.05, 0) is 24.3 Å². The first-order valence-electron chi connectivity index (χ1n) is 5.87. The summed E-state index contributed by atoms with van der Waals surface area (Å²) in [5.74, 6) is 0.786. The number of hydrogen-bond donors (Lipinski definition) is 1. The van der Waals surface area contributed by atoms with Crippen molar-refractivity contribution in [3.63, 3.8) is 0 Å². The van der Waals surface area contributed by atoms with E-state index in [2.05, 4.69) is 4.98 Å². The van der Waals surface area contributed by atoms with Crippen LogP contribution in [0.1, 0.15) is 5.69 Å². The Bertz CT molecular complexity index is 678. The highest BCUT2D eigenvalue weighted by Gasteiger charge is 2.16. The van der Waals surface area contributed by atoms with E-state index >= 15 is 0 Å². The number of halogens is 1. The quantitative estimate of drug-likeness (QED) is 0.673. The van der Waals surface area contributed by atoms with Crippen molar-refractivity contribution in [2.45, 2.75) is 6.61 Å². The molecule has 2 rings (SSSR count). The Morgan fingerprint density at radius 3 is 2.81 bits per heavy atom. The van der Waals surface area contributed by atoms with Gasteiger partial charge in [0.05, 0.1) is 28.8 Å². The molecule has 0 bridgehead atoms. The number of nitrogens with two attached hydrogens (primary N) is 1. The van der Waals surface area contributed by atoms with Gasteiger partial charge in [-0.2, -0.15) is 0 Å². The SMILES string of the molecule is COc1ccc(OCc2nc(N)ccc2Cl)cc1[N+](=O)[O-]. The van der Waals surface area contributed by atoms with Gasteiger partial charge in [0.1, 0.15) is 18.2 Å². The molecule has 8 heteroatoms. The van der Waals surface area contributed by atoms with Crippen LogP contribution in [0.25, 0.3) is 0 Å². The maximum atomic E-state index is 10.9. The van der Waals surface area contributed by atoms with Gasteiger partial charge in [0, 0.05) is 0 Å². The molecule has 0 saturated carbocycles. The summed E-state index contributed by atoms with van der Waals surface area (Å²) < 4.78 is 10.4. The summed E-state index contributed by atoms with van der Waals surface area (Å²) in [6.07, 6.45) is 0. The third kappa shape index (κ3) is 3.51. The Kier molecular flexibility index (Phi) is 4.44. The highest BCUT2D eigenvalue weighted by atomic mass is 35.5. The number of pyridine rings is 1. The van der Waals surface area contributed by atoms with E-state index in [0.29, 0.717) is 22.3 Å². The van der Waals surface area contributed by atoms with Gasteiger partial charge >= 0.3 is 5.69 Å². The number of nitrogens with zero attached hydrogens (tertiary/aromatic N) is 2. The van der Waals surface area contributed by atoms with Gasteiger partial charge in [-0.3, -0.25) is 10.1 Å². The standard InChI is InChI=1S/C13H12ClN3O4/c1-20-12-4-2-8(6-11(12)17(18)19)21-7-10-9(14)3-5-13(15)16-10/h2-6H,7H2,1H3,(H2,15,16). The predicted molar refractivity (Wildman–Crippen MR) is 77.6 cm³/mol. The predicted octanol–water partition coefficient (Wildman–Crippen LogP) is 2.81. The van der Waals surface area contributed by atoms with E-state index in [4.69, 9.17) is 26.8 Å². The van der Waals surface area contributed by atoms with Crippen molar-refractivity contribution >= 4 is 23.1 Å². The van der Waals surface area contributed by atoms with E-state index < -0.39 is 4.92 Å². The van der Waals surface area contributed by atoms with Crippen LogP contribution < -0.4 is 15.2 Å². The Balaban J connectivity index is 2.18. The molecule has 0 fully saturated rings. The molecule has 2 N–H and O–H groups in total. The van der Waals surface area contributed by atoms with E-state index in [1.807, 2.05) is 0 Å². The minimum Gasteiger partial charge on any atom is -0.490 e. The fourth-order valence-electron chi connectivity index (χ4n) is 1.66. The molecule has 1 aromatic carbocycles. The summed E-state index contributed by atoms with van der Waals surface area (Å²) in [7, 11) is 1.36. The Morgan fingerprint density at radius 2 is 2.14 bits per heavy atom. The van der Waals surface area contributed by atoms with Crippen molar-refractivity contribution in [2.24, 2.45) is 0 Å². The van der Waals surface area contributed by atoms with E-state index in [0.717, 1.165) is 0 Å². The summed E-state index contributed by atoms with van der Waals surface area (Å²) in [5, 5.41) is 11.3.